The van der Waals surface area contributed by atoms with Gasteiger partial charge >= 0.3 is 0 Å². The number of hydrogen-bond acceptors (Lipinski definition) is 6. The fourth-order valence-corrected chi connectivity index (χ4v) is 4.01. The molecule has 3 heterocycles. The molecule has 8 heteroatoms. The molecule has 1 aromatic carbocycles. The van der Waals surface area contributed by atoms with Gasteiger partial charge in [0, 0.05) is 41.3 Å². The van der Waals surface area contributed by atoms with Crippen LogP contribution in [-0.4, -0.2) is 36.7 Å². The average Bonchev–Trinajstić information content (AvgIpc) is 3.58. The molecule has 0 aliphatic heterocycles. The molecule has 0 radical (unpaired) electrons. The predicted molar refractivity (Wildman–Crippen MR) is 127 cm³/mol. The Morgan fingerprint density at radius 2 is 1.88 bits per heavy atom. The lowest BCUT2D eigenvalue weighted by molar-refractivity contribution is 0.102. The summed E-state index contributed by atoms with van der Waals surface area (Å²) in [4.78, 5) is 21.6. The molecular formula is C26H24N6O2. The maximum absolute atomic E-state index is 13.0. The van der Waals surface area contributed by atoms with Crippen LogP contribution in [0.5, 0.6) is 5.88 Å². The van der Waals surface area contributed by atoms with Crippen LogP contribution in [0.25, 0.3) is 22.5 Å². The normalized spacial score (nSPS) is 15.5. The summed E-state index contributed by atoms with van der Waals surface area (Å²) in [6.07, 6.45) is 11.2. The molecule has 34 heavy (non-hydrogen) atoms. The van der Waals surface area contributed by atoms with Gasteiger partial charge in [-0.05, 0) is 68.0 Å². The lowest BCUT2D eigenvalue weighted by Crippen LogP contribution is -2.24. The summed E-state index contributed by atoms with van der Waals surface area (Å²) < 4.78 is 7.93. The third-order valence-electron chi connectivity index (χ3n) is 6.29. The van der Waals surface area contributed by atoms with E-state index in [1.165, 1.54) is 6.42 Å². The fourth-order valence-electron chi connectivity index (χ4n) is 4.01. The Kier molecular flexibility index (Phi) is 5.25. The van der Waals surface area contributed by atoms with Gasteiger partial charge in [-0.15, -0.1) is 10.2 Å². The number of ether oxygens (including phenoxy) is 1. The van der Waals surface area contributed by atoms with Crippen molar-refractivity contribution in [1.29, 1.82) is 0 Å². The minimum atomic E-state index is -0.277. The first-order valence-electron chi connectivity index (χ1n) is 11.6. The number of amides is 1. The minimum absolute atomic E-state index is 0.277. The van der Waals surface area contributed by atoms with Crippen LogP contribution in [0.1, 0.15) is 48.6 Å². The molecule has 0 saturated heterocycles. The number of rotatable bonds is 7. The number of anilines is 1. The lowest BCUT2D eigenvalue weighted by atomic mass is 9.96. The molecular weight excluding hydrogens is 428 g/mol. The topological polar surface area (TPSA) is 94.8 Å². The first-order chi connectivity index (χ1) is 16.7. The monoisotopic (exact) mass is 452 g/mol. The highest BCUT2D eigenvalue weighted by atomic mass is 16.5. The first kappa shape index (κ1) is 20.5. The van der Waals surface area contributed by atoms with E-state index in [0.717, 1.165) is 48.2 Å². The molecule has 2 fully saturated rings. The van der Waals surface area contributed by atoms with Crippen molar-refractivity contribution in [3.63, 3.8) is 0 Å². The molecule has 6 rings (SSSR count). The molecule has 0 spiro atoms. The van der Waals surface area contributed by atoms with Crippen molar-refractivity contribution < 1.29 is 9.53 Å². The quantitative estimate of drug-likeness (QED) is 0.428. The number of carbonyl (C=O) groups is 1. The van der Waals surface area contributed by atoms with Gasteiger partial charge in [-0.1, -0.05) is 12.1 Å². The van der Waals surface area contributed by atoms with Crippen LogP contribution in [0.3, 0.4) is 0 Å². The number of pyridine rings is 2. The Morgan fingerprint density at radius 3 is 2.65 bits per heavy atom. The van der Waals surface area contributed by atoms with E-state index < -0.39 is 0 Å². The standard InChI is InChI=1S/C26H24N6O2/c33-26(30-20-4-1-3-18(13-20)25-31-29-16-32(25)21-8-9-21)23-14-17(11-12-27-23)19-7-10-24(28-15-19)34-22-5-2-6-22/h1,3-4,7,10-16,21-22H,2,5-6,8-9H2,(H,30,33). The maximum Gasteiger partial charge on any atom is 0.274 e. The third kappa shape index (κ3) is 4.26. The molecule has 4 aromatic rings. The molecule has 1 N–H and O–H groups in total. The minimum Gasteiger partial charge on any atom is -0.474 e. The van der Waals surface area contributed by atoms with Crippen LogP contribution in [0.2, 0.25) is 0 Å². The molecule has 8 nitrogen and oxygen atoms in total. The second-order valence-electron chi connectivity index (χ2n) is 8.81. The predicted octanol–water partition coefficient (Wildman–Crippen LogP) is 4.92. The molecule has 0 bridgehead atoms. The second kappa shape index (κ2) is 8.70. The van der Waals surface area contributed by atoms with E-state index in [9.17, 15) is 4.79 Å². The zero-order valence-electron chi connectivity index (χ0n) is 18.6. The average molecular weight is 453 g/mol. The van der Waals surface area contributed by atoms with E-state index in [1.54, 1.807) is 24.8 Å². The molecule has 3 aromatic heterocycles. The number of carbonyl (C=O) groups excluding carboxylic acids is 1. The number of nitrogens with one attached hydrogen (secondary N) is 1. The van der Waals surface area contributed by atoms with Crippen molar-refractivity contribution in [3.05, 3.63) is 72.9 Å². The zero-order chi connectivity index (χ0) is 22.9. The molecule has 0 atom stereocenters. The van der Waals surface area contributed by atoms with Crippen molar-refractivity contribution in [2.75, 3.05) is 5.32 Å². The fraction of sp³-hybridized carbons (Fsp3) is 0.269. The highest BCUT2D eigenvalue weighted by molar-refractivity contribution is 6.03. The zero-order valence-corrected chi connectivity index (χ0v) is 18.6. The highest BCUT2D eigenvalue weighted by Crippen LogP contribution is 2.37. The van der Waals surface area contributed by atoms with Crippen LogP contribution in [0, 0.1) is 0 Å². The molecule has 1 amide bonds. The Bertz CT molecular complexity index is 1330. The van der Waals surface area contributed by atoms with E-state index in [4.69, 9.17) is 4.74 Å². The van der Waals surface area contributed by atoms with Crippen LogP contribution in [0.15, 0.2) is 67.3 Å². The lowest BCUT2D eigenvalue weighted by Gasteiger charge is -2.25. The molecule has 2 aliphatic rings. The second-order valence-corrected chi connectivity index (χ2v) is 8.81. The van der Waals surface area contributed by atoms with E-state index in [0.29, 0.717) is 23.3 Å². The van der Waals surface area contributed by atoms with Crippen LogP contribution < -0.4 is 10.1 Å². The number of hydrogen-bond donors (Lipinski definition) is 1. The summed E-state index contributed by atoms with van der Waals surface area (Å²) in [7, 11) is 0. The van der Waals surface area contributed by atoms with E-state index in [1.807, 2.05) is 42.5 Å². The van der Waals surface area contributed by atoms with Gasteiger partial charge in [-0.25, -0.2) is 4.98 Å². The SMILES string of the molecule is O=C(Nc1cccc(-c2nncn2C2CC2)c1)c1cc(-c2ccc(OC3CCC3)nc2)ccn1. The molecule has 2 aliphatic carbocycles. The van der Waals surface area contributed by atoms with E-state index >= 15 is 0 Å². The van der Waals surface area contributed by atoms with Gasteiger partial charge in [0.05, 0.1) is 0 Å². The van der Waals surface area contributed by atoms with Gasteiger partial charge in [-0.3, -0.25) is 9.78 Å². The summed E-state index contributed by atoms with van der Waals surface area (Å²) in [6.45, 7) is 0. The third-order valence-corrected chi connectivity index (χ3v) is 6.29. The maximum atomic E-state index is 13.0. The number of benzene rings is 1. The Labute approximate surface area is 197 Å². The van der Waals surface area contributed by atoms with Crippen LogP contribution in [0.4, 0.5) is 5.69 Å². The smallest absolute Gasteiger partial charge is 0.274 e. The van der Waals surface area contributed by atoms with Crippen molar-refractivity contribution in [2.45, 2.75) is 44.2 Å². The Morgan fingerprint density at radius 1 is 0.971 bits per heavy atom. The van der Waals surface area contributed by atoms with Gasteiger partial charge in [0.2, 0.25) is 5.88 Å². The van der Waals surface area contributed by atoms with Gasteiger partial charge < -0.3 is 14.6 Å². The summed E-state index contributed by atoms with van der Waals surface area (Å²) >= 11 is 0. The van der Waals surface area contributed by atoms with Crippen molar-refractivity contribution in [1.82, 2.24) is 24.7 Å². The van der Waals surface area contributed by atoms with Crippen LogP contribution in [-0.2, 0) is 0 Å². The first-order valence-corrected chi connectivity index (χ1v) is 11.6. The van der Waals surface area contributed by atoms with Gasteiger partial charge in [0.15, 0.2) is 5.82 Å². The number of nitrogens with zero attached hydrogens (tertiary/aromatic N) is 5. The highest BCUT2D eigenvalue weighted by Gasteiger charge is 2.26. The Balaban J connectivity index is 1.17. The van der Waals surface area contributed by atoms with Crippen molar-refractivity contribution in [3.8, 4) is 28.4 Å². The molecule has 0 unspecified atom stereocenters. The van der Waals surface area contributed by atoms with E-state index in [2.05, 4.69) is 30.0 Å². The molecule has 170 valence electrons. The Hall–Kier alpha value is -4.07. The molecule has 2 saturated carbocycles. The number of aromatic nitrogens is 5. The van der Waals surface area contributed by atoms with Crippen LogP contribution >= 0.6 is 0 Å². The van der Waals surface area contributed by atoms with Crippen molar-refractivity contribution >= 4 is 11.6 Å². The largest absolute Gasteiger partial charge is 0.474 e. The summed E-state index contributed by atoms with van der Waals surface area (Å²) in [5.41, 5.74) is 3.70. The van der Waals surface area contributed by atoms with Gasteiger partial charge in [-0.2, -0.15) is 0 Å². The van der Waals surface area contributed by atoms with Gasteiger partial charge in [0.25, 0.3) is 5.91 Å². The summed E-state index contributed by atoms with van der Waals surface area (Å²) in [5.74, 6) is 1.18. The van der Waals surface area contributed by atoms with Crippen molar-refractivity contribution in [2.24, 2.45) is 0 Å². The van der Waals surface area contributed by atoms with E-state index in [-0.39, 0.29) is 12.0 Å². The summed E-state index contributed by atoms with van der Waals surface area (Å²) in [5, 5.41) is 11.3. The summed E-state index contributed by atoms with van der Waals surface area (Å²) in [6, 6.07) is 15.6. The van der Waals surface area contributed by atoms with Gasteiger partial charge in [0.1, 0.15) is 18.1 Å².